The molecule has 0 saturated carbocycles. The number of aromatic nitrogens is 2. The number of hydrogen-bond donors (Lipinski definition) is 1. The summed E-state index contributed by atoms with van der Waals surface area (Å²) in [5.41, 5.74) is 8.74. The molecule has 0 spiro atoms. The maximum Gasteiger partial charge on any atom is 0.271 e. The van der Waals surface area contributed by atoms with E-state index in [2.05, 4.69) is 4.98 Å². The zero-order valence-electron chi connectivity index (χ0n) is 14.5. The number of rotatable bonds is 4. The van der Waals surface area contributed by atoms with Crippen LogP contribution in [-0.4, -0.2) is 24.5 Å². The third kappa shape index (κ3) is 2.92. The van der Waals surface area contributed by atoms with Crippen molar-refractivity contribution in [2.75, 3.05) is 12.8 Å². The predicted octanol–water partition coefficient (Wildman–Crippen LogP) is 3.53. The summed E-state index contributed by atoms with van der Waals surface area (Å²) in [4.78, 5) is 4.28. The average Bonchev–Trinajstić information content (AvgIpc) is 3.04. The van der Waals surface area contributed by atoms with Crippen molar-refractivity contribution in [3.05, 3.63) is 72.8 Å². The Morgan fingerprint density at radius 3 is 2.11 bits per heavy atom. The second kappa shape index (κ2) is 6.44. The summed E-state index contributed by atoms with van der Waals surface area (Å²) in [6.45, 7) is 0. The number of fused-ring (bicyclic) bond motifs is 1. The Morgan fingerprint density at radius 2 is 1.48 bits per heavy atom. The standard InChI is InChI=1S/C20H17N3O3S/c1-26-16-10-6-14(7-11-16)15-8-12-17(13-9-15)27(24,25)23-19-5-3-2-4-18(19)22-20(23)21/h2-13H,1H3,(H2,21,22). The van der Waals surface area contributed by atoms with Crippen LogP contribution in [0.25, 0.3) is 22.2 Å². The van der Waals surface area contributed by atoms with Crippen molar-refractivity contribution in [1.29, 1.82) is 0 Å². The van der Waals surface area contributed by atoms with Gasteiger partial charge in [-0.2, -0.15) is 0 Å². The van der Waals surface area contributed by atoms with Gasteiger partial charge in [0.05, 0.1) is 23.0 Å². The summed E-state index contributed by atoms with van der Waals surface area (Å²) in [6, 6.07) is 21.2. The highest BCUT2D eigenvalue weighted by molar-refractivity contribution is 7.90. The molecule has 0 aliphatic carbocycles. The molecular weight excluding hydrogens is 362 g/mol. The average molecular weight is 379 g/mol. The molecule has 1 heterocycles. The molecular formula is C20H17N3O3S. The van der Waals surface area contributed by atoms with Crippen LogP contribution in [0, 0.1) is 0 Å². The lowest BCUT2D eigenvalue weighted by atomic mass is 10.1. The summed E-state index contributed by atoms with van der Waals surface area (Å²) < 4.78 is 32.4. The Hall–Kier alpha value is -3.32. The van der Waals surface area contributed by atoms with Crippen molar-refractivity contribution >= 4 is 27.0 Å². The Labute approximate surface area is 156 Å². The van der Waals surface area contributed by atoms with Crippen LogP contribution in [0.3, 0.4) is 0 Å². The highest BCUT2D eigenvalue weighted by atomic mass is 32.2. The van der Waals surface area contributed by atoms with Gasteiger partial charge in [-0.3, -0.25) is 0 Å². The first-order chi connectivity index (χ1) is 13.0. The fourth-order valence-corrected chi connectivity index (χ4v) is 4.37. The van der Waals surface area contributed by atoms with Crippen LogP contribution >= 0.6 is 0 Å². The Morgan fingerprint density at radius 1 is 0.889 bits per heavy atom. The van der Waals surface area contributed by atoms with Crippen molar-refractivity contribution in [2.24, 2.45) is 0 Å². The van der Waals surface area contributed by atoms with Crippen LogP contribution in [0.15, 0.2) is 77.7 Å². The smallest absolute Gasteiger partial charge is 0.271 e. The van der Waals surface area contributed by atoms with Gasteiger partial charge in [-0.05, 0) is 47.5 Å². The Bertz CT molecular complexity index is 1210. The van der Waals surface area contributed by atoms with Gasteiger partial charge in [0.15, 0.2) is 0 Å². The van der Waals surface area contributed by atoms with E-state index in [0.29, 0.717) is 11.0 Å². The number of anilines is 1. The molecule has 6 nitrogen and oxygen atoms in total. The lowest BCUT2D eigenvalue weighted by Crippen LogP contribution is -2.15. The molecule has 0 aliphatic rings. The third-order valence-corrected chi connectivity index (χ3v) is 6.09. The number of nitrogens with two attached hydrogens (primary N) is 1. The minimum Gasteiger partial charge on any atom is -0.497 e. The first-order valence-electron chi connectivity index (χ1n) is 8.24. The van der Waals surface area contributed by atoms with Gasteiger partial charge in [0.2, 0.25) is 5.95 Å². The fourth-order valence-electron chi connectivity index (χ4n) is 2.98. The van der Waals surface area contributed by atoms with E-state index in [1.807, 2.05) is 24.3 Å². The monoisotopic (exact) mass is 379 g/mol. The number of para-hydroxylation sites is 2. The normalized spacial score (nSPS) is 11.6. The maximum absolute atomic E-state index is 13.1. The molecule has 0 bridgehead atoms. The lowest BCUT2D eigenvalue weighted by molar-refractivity contribution is 0.415. The molecule has 0 unspecified atom stereocenters. The molecule has 0 aliphatic heterocycles. The minimum absolute atomic E-state index is 0.0598. The largest absolute Gasteiger partial charge is 0.497 e. The van der Waals surface area contributed by atoms with E-state index in [0.717, 1.165) is 20.8 Å². The molecule has 0 amide bonds. The van der Waals surface area contributed by atoms with Crippen molar-refractivity contribution in [2.45, 2.75) is 4.90 Å². The van der Waals surface area contributed by atoms with Gasteiger partial charge in [-0.25, -0.2) is 17.4 Å². The molecule has 27 heavy (non-hydrogen) atoms. The van der Waals surface area contributed by atoms with E-state index < -0.39 is 10.0 Å². The predicted molar refractivity (Wildman–Crippen MR) is 105 cm³/mol. The van der Waals surface area contributed by atoms with Crippen molar-refractivity contribution < 1.29 is 13.2 Å². The van der Waals surface area contributed by atoms with E-state index in [9.17, 15) is 8.42 Å². The van der Waals surface area contributed by atoms with Gasteiger partial charge in [0.1, 0.15) is 5.75 Å². The van der Waals surface area contributed by atoms with Gasteiger partial charge < -0.3 is 10.5 Å². The van der Waals surface area contributed by atoms with Gasteiger partial charge in [0, 0.05) is 0 Å². The van der Waals surface area contributed by atoms with Crippen LogP contribution in [0.5, 0.6) is 5.75 Å². The molecule has 7 heteroatoms. The van der Waals surface area contributed by atoms with Crippen molar-refractivity contribution in [3.8, 4) is 16.9 Å². The zero-order chi connectivity index (χ0) is 19.0. The minimum atomic E-state index is -3.85. The van der Waals surface area contributed by atoms with E-state index in [4.69, 9.17) is 10.5 Å². The molecule has 1 aromatic heterocycles. The third-order valence-electron chi connectivity index (χ3n) is 4.36. The highest BCUT2D eigenvalue weighted by Gasteiger charge is 2.23. The van der Waals surface area contributed by atoms with Crippen LogP contribution in [0.2, 0.25) is 0 Å². The second-order valence-electron chi connectivity index (χ2n) is 5.98. The molecule has 0 radical (unpaired) electrons. The van der Waals surface area contributed by atoms with E-state index in [1.54, 1.807) is 55.6 Å². The summed E-state index contributed by atoms with van der Waals surface area (Å²) in [7, 11) is -2.24. The van der Waals surface area contributed by atoms with E-state index in [1.165, 1.54) is 0 Å². The molecule has 4 aromatic rings. The highest BCUT2D eigenvalue weighted by Crippen LogP contribution is 2.27. The first-order valence-corrected chi connectivity index (χ1v) is 9.68. The number of ether oxygens (including phenoxy) is 1. The number of nitrogen functional groups attached to an aromatic ring is 1. The van der Waals surface area contributed by atoms with Crippen LogP contribution in [0.1, 0.15) is 0 Å². The SMILES string of the molecule is COc1ccc(-c2ccc(S(=O)(=O)n3c(N)nc4ccccc43)cc2)cc1. The fraction of sp³-hybridized carbons (Fsp3) is 0.0500. The topological polar surface area (TPSA) is 87.2 Å². The summed E-state index contributed by atoms with van der Waals surface area (Å²) >= 11 is 0. The summed E-state index contributed by atoms with van der Waals surface area (Å²) in [6.07, 6.45) is 0. The molecule has 0 saturated heterocycles. The summed E-state index contributed by atoms with van der Waals surface area (Å²) in [5.74, 6) is 0.704. The number of benzene rings is 3. The van der Waals surface area contributed by atoms with E-state index in [-0.39, 0.29) is 10.8 Å². The molecule has 0 fully saturated rings. The van der Waals surface area contributed by atoms with Gasteiger partial charge in [0.25, 0.3) is 10.0 Å². The van der Waals surface area contributed by atoms with Gasteiger partial charge in [-0.15, -0.1) is 0 Å². The number of methoxy groups -OCH3 is 1. The zero-order valence-corrected chi connectivity index (χ0v) is 15.3. The van der Waals surface area contributed by atoms with Crippen molar-refractivity contribution in [1.82, 2.24) is 8.96 Å². The number of nitrogens with zero attached hydrogens (tertiary/aromatic N) is 2. The summed E-state index contributed by atoms with van der Waals surface area (Å²) in [5, 5.41) is 0. The lowest BCUT2D eigenvalue weighted by Gasteiger charge is -2.09. The van der Waals surface area contributed by atoms with Crippen LogP contribution < -0.4 is 10.5 Å². The molecule has 2 N–H and O–H groups in total. The van der Waals surface area contributed by atoms with Gasteiger partial charge in [-0.1, -0.05) is 36.4 Å². The number of hydrogen-bond acceptors (Lipinski definition) is 5. The maximum atomic E-state index is 13.1. The quantitative estimate of drug-likeness (QED) is 0.586. The Kier molecular flexibility index (Phi) is 4.08. The molecule has 4 rings (SSSR count). The van der Waals surface area contributed by atoms with Crippen LogP contribution in [0.4, 0.5) is 5.95 Å². The molecule has 0 atom stereocenters. The first kappa shape index (κ1) is 17.1. The molecule has 3 aromatic carbocycles. The second-order valence-corrected chi connectivity index (χ2v) is 7.77. The van der Waals surface area contributed by atoms with Crippen molar-refractivity contribution in [3.63, 3.8) is 0 Å². The van der Waals surface area contributed by atoms with Crippen LogP contribution in [-0.2, 0) is 10.0 Å². The number of imidazole rings is 1. The Balaban J connectivity index is 1.75. The molecule has 136 valence electrons. The van der Waals surface area contributed by atoms with E-state index >= 15 is 0 Å². The van der Waals surface area contributed by atoms with Gasteiger partial charge >= 0.3 is 0 Å².